The van der Waals surface area contributed by atoms with E-state index in [1.807, 2.05) is 25.7 Å². The molecule has 0 saturated heterocycles. The molecule has 1 aromatic rings. The summed E-state index contributed by atoms with van der Waals surface area (Å²) in [5.41, 5.74) is 2.43. The quantitative estimate of drug-likeness (QED) is 0.391. The summed E-state index contributed by atoms with van der Waals surface area (Å²) in [4.78, 5) is 14.7. The van der Waals surface area contributed by atoms with E-state index in [0.717, 1.165) is 19.5 Å². The number of anilines is 3. The van der Waals surface area contributed by atoms with Crippen molar-refractivity contribution in [3.8, 4) is 0 Å². The second-order valence-electron chi connectivity index (χ2n) is 4.03. The normalized spacial score (nSPS) is 12.1. The van der Waals surface area contributed by atoms with E-state index >= 15 is 0 Å². The van der Waals surface area contributed by atoms with Crippen molar-refractivity contribution in [3.63, 3.8) is 0 Å². The number of hydrogen-bond acceptors (Lipinski definition) is 8. The van der Waals surface area contributed by atoms with Crippen LogP contribution in [0, 0.1) is 0 Å². The molecule has 108 valence electrons. The van der Waals surface area contributed by atoms with E-state index in [-0.39, 0.29) is 12.6 Å². The van der Waals surface area contributed by atoms with Gasteiger partial charge in [0.25, 0.3) is 0 Å². The van der Waals surface area contributed by atoms with Gasteiger partial charge in [-0.3, -0.25) is 5.43 Å². The van der Waals surface area contributed by atoms with Gasteiger partial charge in [-0.2, -0.15) is 15.0 Å². The fourth-order valence-corrected chi connectivity index (χ4v) is 1.60. The van der Waals surface area contributed by atoms with Gasteiger partial charge in [-0.05, 0) is 20.3 Å². The first-order chi connectivity index (χ1) is 9.18. The van der Waals surface area contributed by atoms with E-state index in [2.05, 4.69) is 25.7 Å². The molecule has 0 radical (unpaired) electrons. The van der Waals surface area contributed by atoms with Crippen LogP contribution < -0.4 is 21.5 Å². The Kier molecular flexibility index (Phi) is 6.23. The SMILES string of the molecule is CCC(CO)Nc1nc(NN)nc(N(CC)CC)n1. The number of hydrogen-bond donors (Lipinski definition) is 4. The zero-order valence-electron chi connectivity index (χ0n) is 11.7. The molecule has 1 aromatic heterocycles. The lowest BCUT2D eigenvalue weighted by atomic mass is 10.2. The molecular weight excluding hydrogens is 246 g/mol. The first-order valence-corrected chi connectivity index (χ1v) is 6.53. The predicted molar refractivity (Wildman–Crippen MR) is 76.0 cm³/mol. The Hall–Kier alpha value is -1.67. The molecule has 8 nitrogen and oxygen atoms in total. The fourth-order valence-electron chi connectivity index (χ4n) is 1.60. The summed E-state index contributed by atoms with van der Waals surface area (Å²) >= 11 is 0. The highest BCUT2D eigenvalue weighted by molar-refractivity contribution is 5.43. The van der Waals surface area contributed by atoms with E-state index < -0.39 is 0 Å². The number of aromatic nitrogens is 3. The van der Waals surface area contributed by atoms with E-state index in [4.69, 9.17) is 5.84 Å². The van der Waals surface area contributed by atoms with Gasteiger partial charge in [0.05, 0.1) is 12.6 Å². The van der Waals surface area contributed by atoms with Crippen LogP contribution >= 0.6 is 0 Å². The second-order valence-corrected chi connectivity index (χ2v) is 4.03. The molecule has 8 heteroatoms. The maximum absolute atomic E-state index is 9.20. The largest absolute Gasteiger partial charge is 0.394 e. The number of nitrogens with two attached hydrogens (primary N) is 1. The molecule has 1 unspecified atom stereocenters. The number of hydrazine groups is 1. The third-order valence-corrected chi connectivity index (χ3v) is 2.85. The third-order valence-electron chi connectivity index (χ3n) is 2.85. The molecule has 0 aliphatic carbocycles. The molecule has 0 aromatic carbocycles. The van der Waals surface area contributed by atoms with Crippen LogP contribution in [0.5, 0.6) is 0 Å². The second kappa shape index (κ2) is 7.70. The molecule has 19 heavy (non-hydrogen) atoms. The molecule has 1 heterocycles. The van der Waals surface area contributed by atoms with Crippen LogP contribution in [-0.2, 0) is 0 Å². The van der Waals surface area contributed by atoms with Crippen molar-refractivity contribution in [2.24, 2.45) is 5.84 Å². The standard InChI is InChI=1S/C11H23N7O/c1-4-8(7-19)13-9-14-10(17-12)16-11(15-9)18(5-2)6-3/h8,19H,4-7,12H2,1-3H3,(H2,13,14,15,16,17). The lowest BCUT2D eigenvalue weighted by Crippen LogP contribution is -2.28. The minimum absolute atomic E-state index is 0.0220. The van der Waals surface area contributed by atoms with Crippen molar-refractivity contribution in [2.45, 2.75) is 33.2 Å². The van der Waals surface area contributed by atoms with E-state index in [1.165, 1.54) is 0 Å². The average molecular weight is 269 g/mol. The Morgan fingerprint density at radius 3 is 2.26 bits per heavy atom. The number of nitrogens with one attached hydrogen (secondary N) is 2. The summed E-state index contributed by atoms with van der Waals surface area (Å²) in [5, 5.41) is 12.3. The van der Waals surface area contributed by atoms with Gasteiger partial charge in [-0.1, -0.05) is 6.92 Å². The zero-order valence-corrected chi connectivity index (χ0v) is 11.7. The zero-order chi connectivity index (χ0) is 14.3. The molecule has 5 N–H and O–H groups in total. The lowest BCUT2D eigenvalue weighted by Gasteiger charge is -2.20. The van der Waals surface area contributed by atoms with Crippen LogP contribution in [0.3, 0.4) is 0 Å². The Morgan fingerprint density at radius 2 is 1.79 bits per heavy atom. The van der Waals surface area contributed by atoms with Crippen molar-refractivity contribution >= 4 is 17.8 Å². The average Bonchev–Trinajstić information content (AvgIpc) is 2.45. The smallest absolute Gasteiger partial charge is 0.243 e. The van der Waals surface area contributed by atoms with Gasteiger partial charge < -0.3 is 15.3 Å². The predicted octanol–water partition coefficient (Wildman–Crippen LogP) is 0.186. The fraction of sp³-hybridized carbons (Fsp3) is 0.727. The summed E-state index contributed by atoms with van der Waals surface area (Å²) in [5.74, 6) is 6.63. The van der Waals surface area contributed by atoms with Gasteiger partial charge in [-0.15, -0.1) is 0 Å². The minimum Gasteiger partial charge on any atom is -0.394 e. The van der Waals surface area contributed by atoms with Crippen LogP contribution in [0.1, 0.15) is 27.2 Å². The number of aliphatic hydroxyl groups is 1. The molecule has 0 aliphatic rings. The van der Waals surface area contributed by atoms with Crippen molar-refractivity contribution in [1.29, 1.82) is 0 Å². The molecule has 1 atom stereocenters. The molecule has 0 fully saturated rings. The van der Waals surface area contributed by atoms with Gasteiger partial charge in [-0.25, -0.2) is 5.84 Å². The van der Waals surface area contributed by atoms with Gasteiger partial charge >= 0.3 is 0 Å². The van der Waals surface area contributed by atoms with Crippen molar-refractivity contribution < 1.29 is 5.11 Å². The van der Waals surface area contributed by atoms with Crippen LogP contribution in [-0.4, -0.2) is 45.8 Å². The number of rotatable bonds is 8. The highest BCUT2D eigenvalue weighted by atomic mass is 16.3. The summed E-state index contributed by atoms with van der Waals surface area (Å²) in [6, 6.07) is -0.0856. The van der Waals surface area contributed by atoms with Crippen molar-refractivity contribution in [1.82, 2.24) is 15.0 Å². The number of aliphatic hydroxyl groups excluding tert-OH is 1. The highest BCUT2D eigenvalue weighted by Gasteiger charge is 2.13. The summed E-state index contributed by atoms with van der Waals surface area (Å²) < 4.78 is 0. The molecule has 0 spiro atoms. The molecule has 0 bridgehead atoms. The molecular formula is C11H23N7O. The summed E-state index contributed by atoms with van der Waals surface area (Å²) in [6.07, 6.45) is 0.772. The first-order valence-electron chi connectivity index (χ1n) is 6.53. The molecule has 0 aliphatic heterocycles. The lowest BCUT2D eigenvalue weighted by molar-refractivity contribution is 0.271. The van der Waals surface area contributed by atoms with Crippen molar-refractivity contribution in [3.05, 3.63) is 0 Å². The van der Waals surface area contributed by atoms with Crippen LogP contribution in [0.15, 0.2) is 0 Å². The number of nitrogens with zero attached hydrogens (tertiary/aromatic N) is 4. The van der Waals surface area contributed by atoms with Crippen LogP contribution in [0.4, 0.5) is 17.8 Å². The topological polar surface area (TPSA) is 112 Å². The van der Waals surface area contributed by atoms with Crippen LogP contribution in [0.2, 0.25) is 0 Å². The van der Waals surface area contributed by atoms with E-state index in [0.29, 0.717) is 17.8 Å². The van der Waals surface area contributed by atoms with Gasteiger partial charge in [0.2, 0.25) is 17.8 Å². The Bertz CT molecular complexity index is 379. The molecule has 0 saturated carbocycles. The third kappa shape index (κ3) is 4.18. The molecule has 1 rings (SSSR count). The molecule has 0 amide bonds. The summed E-state index contributed by atoms with van der Waals surface area (Å²) in [6.45, 7) is 7.63. The van der Waals surface area contributed by atoms with E-state index in [9.17, 15) is 5.11 Å². The van der Waals surface area contributed by atoms with Crippen LogP contribution in [0.25, 0.3) is 0 Å². The van der Waals surface area contributed by atoms with Gasteiger partial charge in [0.15, 0.2) is 0 Å². The van der Waals surface area contributed by atoms with Crippen molar-refractivity contribution in [2.75, 3.05) is 35.3 Å². The summed E-state index contributed by atoms with van der Waals surface area (Å²) in [7, 11) is 0. The highest BCUT2D eigenvalue weighted by Crippen LogP contribution is 2.13. The maximum atomic E-state index is 9.20. The Balaban J connectivity index is 3.00. The maximum Gasteiger partial charge on any atom is 0.243 e. The Labute approximate surface area is 113 Å². The monoisotopic (exact) mass is 269 g/mol. The first kappa shape index (κ1) is 15.4. The Morgan fingerprint density at radius 1 is 1.16 bits per heavy atom. The van der Waals surface area contributed by atoms with E-state index in [1.54, 1.807) is 0 Å². The number of nitrogen functional groups attached to an aromatic ring is 1. The minimum atomic E-state index is -0.0856. The van der Waals surface area contributed by atoms with Gasteiger partial charge in [0.1, 0.15) is 0 Å². The van der Waals surface area contributed by atoms with Gasteiger partial charge in [0, 0.05) is 13.1 Å².